The third kappa shape index (κ3) is 2.48. The zero-order valence-electron chi connectivity index (χ0n) is 8.30. The zero-order chi connectivity index (χ0) is 8.43. The normalized spacial score (nSPS) is 32.5. The average Bonchev–Trinajstić information content (AvgIpc) is 2.67. The van der Waals surface area contributed by atoms with Crippen LogP contribution in [-0.4, -0.2) is 23.5 Å². The maximum Gasteiger partial charge on any atom is 0.0229 e. The van der Waals surface area contributed by atoms with Crippen molar-refractivity contribution in [3.63, 3.8) is 0 Å². The molecule has 0 aromatic carbocycles. The van der Waals surface area contributed by atoms with Crippen molar-refractivity contribution in [1.29, 1.82) is 0 Å². The molecule has 66 valence electrons. The highest BCUT2D eigenvalue weighted by atomic mass is 15.3. The van der Waals surface area contributed by atoms with E-state index in [1.807, 2.05) is 0 Å². The Morgan fingerprint density at radius 2 is 2.00 bits per heavy atom. The predicted octanol–water partition coefficient (Wildman–Crippen LogP) is 2.52. The summed E-state index contributed by atoms with van der Waals surface area (Å²) in [7, 11) is 0. The van der Waals surface area contributed by atoms with Gasteiger partial charge in [0.05, 0.1) is 0 Å². The van der Waals surface area contributed by atoms with E-state index in [1.54, 1.807) is 0 Å². The number of hydrogen-bond acceptors (Lipinski definition) is 1. The Bertz CT molecular complexity index is 120. The Kier molecular flexibility index (Phi) is 2.94. The summed E-state index contributed by atoms with van der Waals surface area (Å²) in [4.78, 5) is 2.58. The third-order valence-electron chi connectivity index (χ3n) is 2.79. The molecule has 0 saturated carbocycles. The summed E-state index contributed by atoms with van der Waals surface area (Å²) in [6, 6.07) is 1.69. The minimum absolute atomic E-state index is 0.768. The van der Waals surface area contributed by atoms with Gasteiger partial charge in [-0.05, 0) is 26.2 Å². The van der Waals surface area contributed by atoms with Crippen LogP contribution in [0.5, 0.6) is 0 Å². The van der Waals surface area contributed by atoms with Crippen molar-refractivity contribution in [2.75, 3.05) is 6.54 Å². The van der Waals surface area contributed by atoms with Crippen LogP contribution in [0.2, 0.25) is 0 Å². The summed E-state index contributed by atoms with van der Waals surface area (Å²) in [6.45, 7) is 10.6. The molecule has 0 N–H and O–H groups in total. The van der Waals surface area contributed by atoms with Crippen LogP contribution in [0.1, 0.15) is 40.5 Å². The van der Waals surface area contributed by atoms with Gasteiger partial charge >= 0.3 is 0 Å². The second-order valence-corrected chi connectivity index (χ2v) is 4.19. The first-order valence-corrected chi connectivity index (χ1v) is 4.90. The fourth-order valence-electron chi connectivity index (χ4n) is 1.67. The summed E-state index contributed by atoms with van der Waals surface area (Å²) in [5, 5.41) is 0. The standard InChI is InChI=1S/C10H21N/c1-5-9(4)6-10-7-11(10)8(2)3/h8-10H,5-7H2,1-4H3. The Morgan fingerprint density at radius 1 is 1.36 bits per heavy atom. The van der Waals surface area contributed by atoms with Gasteiger partial charge in [-0.15, -0.1) is 0 Å². The van der Waals surface area contributed by atoms with Crippen molar-refractivity contribution in [2.45, 2.75) is 52.6 Å². The van der Waals surface area contributed by atoms with E-state index in [1.165, 1.54) is 19.4 Å². The molecule has 0 amide bonds. The van der Waals surface area contributed by atoms with E-state index >= 15 is 0 Å². The number of hydrogen-bond donors (Lipinski definition) is 0. The molecule has 1 heterocycles. The van der Waals surface area contributed by atoms with E-state index < -0.39 is 0 Å². The molecule has 1 aliphatic heterocycles. The molecule has 11 heavy (non-hydrogen) atoms. The van der Waals surface area contributed by atoms with Crippen LogP contribution < -0.4 is 0 Å². The average molecular weight is 155 g/mol. The van der Waals surface area contributed by atoms with Gasteiger partial charge in [-0.2, -0.15) is 0 Å². The van der Waals surface area contributed by atoms with E-state index in [0.29, 0.717) is 0 Å². The molecule has 0 radical (unpaired) electrons. The van der Waals surface area contributed by atoms with Gasteiger partial charge in [-0.1, -0.05) is 20.3 Å². The van der Waals surface area contributed by atoms with Gasteiger partial charge in [0.2, 0.25) is 0 Å². The summed E-state index contributed by atoms with van der Waals surface area (Å²) in [5.41, 5.74) is 0. The van der Waals surface area contributed by atoms with Crippen molar-refractivity contribution < 1.29 is 0 Å². The Hall–Kier alpha value is -0.0400. The summed E-state index contributed by atoms with van der Waals surface area (Å²) in [5.74, 6) is 0.920. The predicted molar refractivity (Wildman–Crippen MR) is 49.7 cm³/mol. The van der Waals surface area contributed by atoms with Crippen LogP contribution in [0.3, 0.4) is 0 Å². The van der Waals surface area contributed by atoms with Crippen LogP contribution in [0.4, 0.5) is 0 Å². The van der Waals surface area contributed by atoms with Crippen LogP contribution in [0.25, 0.3) is 0 Å². The molecule has 0 aromatic rings. The highest BCUT2D eigenvalue weighted by molar-refractivity contribution is 4.91. The molecule has 1 heteroatoms. The van der Waals surface area contributed by atoms with Crippen molar-refractivity contribution in [1.82, 2.24) is 4.90 Å². The monoisotopic (exact) mass is 155 g/mol. The zero-order valence-corrected chi connectivity index (χ0v) is 8.30. The van der Waals surface area contributed by atoms with Crippen LogP contribution in [-0.2, 0) is 0 Å². The fourth-order valence-corrected chi connectivity index (χ4v) is 1.67. The number of rotatable bonds is 4. The maximum atomic E-state index is 2.58. The Labute approximate surface area is 70.8 Å². The van der Waals surface area contributed by atoms with Gasteiger partial charge in [-0.25, -0.2) is 0 Å². The van der Waals surface area contributed by atoms with Crippen LogP contribution in [0.15, 0.2) is 0 Å². The molecule has 1 saturated heterocycles. The SMILES string of the molecule is CCC(C)CC1CN1C(C)C. The lowest BCUT2D eigenvalue weighted by Crippen LogP contribution is -2.13. The van der Waals surface area contributed by atoms with Crippen molar-refractivity contribution in [3.8, 4) is 0 Å². The lowest BCUT2D eigenvalue weighted by atomic mass is 10.0. The number of nitrogens with zero attached hydrogens (tertiary/aromatic N) is 1. The van der Waals surface area contributed by atoms with E-state index in [9.17, 15) is 0 Å². The molecule has 1 nitrogen and oxygen atoms in total. The van der Waals surface area contributed by atoms with Gasteiger partial charge in [-0.3, -0.25) is 4.90 Å². The molecule has 0 spiro atoms. The first-order valence-electron chi connectivity index (χ1n) is 4.90. The molecule has 0 aromatic heterocycles. The molecule has 1 aliphatic rings. The van der Waals surface area contributed by atoms with Gasteiger partial charge in [0, 0.05) is 18.6 Å². The lowest BCUT2D eigenvalue weighted by Gasteiger charge is -2.10. The van der Waals surface area contributed by atoms with Crippen molar-refractivity contribution >= 4 is 0 Å². The highest BCUT2D eigenvalue weighted by Crippen LogP contribution is 2.27. The summed E-state index contributed by atoms with van der Waals surface area (Å²) >= 11 is 0. The van der Waals surface area contributed by atoms with Gasteiger partial charge in [0.15, 0.2) is 0 Å². The van der Waals surface area contributed by atoms with E-state index in [2.05, 4.69) is 32.6 Å². The fraction of sp³-hybridized carbons (Fsp3) is 1.00. The first-order chi connectivity index (χ1) is 5.15. The second kappa shape index (κ2) is 3.57. The summed E-state index contributed by atoms with van der Waals surface area (Å²) in [6.07, 6.45) is 2.75. The molecule has 0 aliphatic carbocycles. The third-order valence-corrected chi connectivity index (χ3v) is 2.79. The maximum absolute atomic E-state index is 2.58. The molecular formula is C10H21N. The Morgan fingerprint density at radius 3 is 2.36 bits per heavy atom. The molecule has 3 atom stereocenters. The van der Waals surface area contributed by atoms with E-state index in [0.717, 1.165) is 18.0 Å². The van der Waals surface area contributed by atoms with Gasteiger partial charge in [0.1, 0.15) is 0 Å². The largest absolute Gasteiger partial charge is 0.295 e. The molecule has 1 fully saturated rings. The van der Waals surface area contributed by atoms with E-state index in [-0.39, 0.29) is 0 Å². The van der Waals surface area contributed by atoms with Gasteiger partial charge < -0.3 is 0 Å². The summed E-state index contributed by atoms with van der Waals surface area (Å²) < 4.78 is 0. The van der Waals surface area contributed by atoms with Gasteiger partial charge in [0.25, 0.3) is 0 Å². The molecule has 1 rings (SSSR count). The van der Waals surface area contributed by atoms with E-state index in [4.69, 9.17) is 0 Å². The molecular weight excluding hydrogens is 134 g/mol. The minimum atomic E-state index is 0.768. The smallest absolute Gasteiger partial charge is 0.0229 e. The quantitative estimate of drug-likeness (QED) is 0.564. The topological polar surface area (TPSA) is 3.01 Å². The molecule has 3 unspecified atom stereocenters. The van der Waals surface area contributed by atoms with Crippen molar-refractivity contribution in [3.05, 3.63) is 0 Å². The van der Waals surface area contributed by atoms with Crippen LogP contribution in [0, 0.1) is 5.92 Å². The second-order valence-electron chi connectivity index (χ2n) is 4.19. The van der Waals surface area contributed by atoms with Crippen LogP contribution >= 0.6 is 0 Å². The van der Waals surface area contributed by atoms with Crippen molar-refractivity contribution in [2.24, 2.45) is 5.92 Å². The lowest BCUT2D eigenvalue weighted by molar-refractivity contribution is 0.381. The first kappa shape index (κ1) is 9.05. The Balaban J connectivity index is 2.13. The minimum Gasteiger partial charge on any atom is -0.295 e. The highest BCUT2D eigenvalue weighted by Gasteiger charge is 2.35. The molecule has 0 bridgehead atoms.